The van der Waals surface area contributed by atoms with Gasteiger partial charge in [-0.15, -0.1) is 0 Å². The van der Waals surface area contributed by atoms with Gasteiger partial charge in [0.15, 0.2) is 0 Å². The number of nitrogens with zero attached hydrogens (tertiary/aromatic N) is 1. The average Bonchev–Trinajstić information content (AvgIpc) is 2.88. The Kier molecular flexibility index (Phi) is 2.12. The van der Waals surface area contributed by atoms with E-state index in [1.807, 2.05) is 36.4 Å². The van der Waals surface area contributed by atoms with Gasteiger partial charge in [-0.3, -0.25) is 0 Å². The van der Waals surface area contributed by atoms with Crippen molar-refractivity contribution in [2.24, 2.45) is 0 Å². The Labute approximate surface area is 126 Å². The molecule has 1 heterocycles. The van der Waals surface area contributed by atoms with E-state index in [-0.39, 0.29) is 0 Å². The topological polar surface area (TPSA) is 25.2 Å². The van der Waals surface area contributed by atoms with Gasteiger partial charge in [-0.1, -0.05) is 60.7 Å². The minimum Gasteiger partial charge on any atom is -0.428 e. The molecule has 0 atom stereocenters. The van der Waals surface area contributed by atoms with Crippen molar-refractivity contribution in [3.05, 3.63) is 72.8 Å². The van der Waals surface area contributed by atoms with Crippen LogP contribution in [0.1, 0.15) is 0 Å². The summed E-state index contributed by atoms with van der Waals surface area (Å²) in [6, 6.07) is 24.8. The molecule has 0 radical (unpaired) electrons. The van der Waals surface area contributed by atoms with Gasteiger partial charge in [0, 0.05) is 10.8 Å². The molecule has 0 unspecified atom stereocenters. The molecule has 22 heavy (non-hydrogen) atoms. The molecule has 0 aliphatic rings. The largest absolute Gasteiger partial charge is 0.428 e. The van der Waals surface area contributed by atoms with Crippen LogP contribution in [0.2, 0.25) is 0 Å². The summed E-state index contributed by atoms with van der Waals surface area (Å²) in [5, 5.41) is 17.6. The number of hydrogen-bond acceptors (Lipinski definition) is 1. The molecule has 0 spiro atoms. The second-order valence-electron chi connectivity index (χ2n) is 5.67. The summed E-state index contributed by atoms with van der Waals surface area (Å²) in [5.74, 6) is 0. The number of rotatable bonds is 0. The van der Waals surface area contributed by atoms with Crippen LogP contribution in [0, 0.1) is 0 Å². The van der Waals surface area contributed by atoms with Crippen LogP contribution in [0.15, 0.2) is 72.8 Å². The van der Waals surface area contributed by atoms with E-state index >= 15 is 0 Å². The molecule has 1 N–H and O–H groups in total. The fourth-order valence-corrected chi connectivity index (χ4v) is 3.53. The van der Waals surface area contributed by atoms with Gasteiger partial charge < -0.3 is 5.21 Å². The predicted octanol–water partition coefficient (Wildman–Crippen LogP) is 5.34. The van der Waals surface area contributed by atoms with E-state index < -0.39 is 0 Å². The second kappa shape index (κ2) is 4.01. The van der Waals surface area contributed by atoms with E-state index in [0.29, 0.717) is 0 Å². The molecule has 0 fully saturated rings. The number of hydrogen-bond donors (Lipinski definition) is 1. The molecule has 0 aliphatic heterocycles. The Balaban J connectivity index is 2.21. The maximum atomic E-state index is 10.6. The van der Waals surface area contributed by atoms with Crippen LogP contribution in [-0.2, 0) is 0 Å². The van der Waals surface area contributed by atoms with E-state index in [1.165, 1.54) is 26.3 Å². The molecule has 0 amide bonds. The molecule has 0 saturated heterocycles. The number of aromatic nitrogens is 1. The molecule has 0 bridgehead atoms. The molecule has 104 valence electrons. The lowest BCUT2D eigenvalue weighted by Crippen LogP contribution is -1.88. The van der Waals surface area contributed by atoms with E-state index in [4.69, 9.17) is 0 Å². The zero-order valence-corrected chi connectivity index (χ0v) is 11.8. The second-order valence-corrected chi connectivity index (χ2v) is 5.67. The van der Waals surface area contributed by atoms with Crippen LogP contribution in [0.3, 0.4) is 0 Å². The maximum Gasteiger partial charge on any atom is 0.0885 e. The fraction of sp³-hybridized carbons (Fsp3) is 0. The molecule has 2 heteroatoms. The van der Waals surface area contributed by atoms with Gasteiger partial charge in [0.05, 0.1) is 11.0 Å². The monoisotopic (exact) mass is 283 g/mol. The third-order valence-corrected chi connectivity index (χ3v) is 4.52. The molecule has 4 aromatic carbocycles. The first-order valence-corrected chi connectivity index (χ1v) is 7.37. The highest BCUT2D eigenvalue weighted by Crippen LogP contribution is 2.37. The Morgan fingerprint density at radius 2 is 1.00 bits per heavy atom. The molecular weight excluding hydrogens is 270 g/mol. The zero-order chi connectivity index (χ0) is 14.7. The number of benzene rings is 4. The highest BCUT2D eigenvalue weighted by molar-refractivity contribution is 6.27. The first-order valence-electron chi connectivity index (χ1n) is 7.37. The summed E-state index contributed by atoms with van der Waals surface area (Å²) in [6.45, 7) is 0. The lowest BCUT2D eigenvalue weighted by Gasteiger charge is -2.02. The molecule has 0 aliphatic carbocycles. The van der Waals surface area contributed by atoms with E-state index in [2.05, 4.69) is 36.4 Å². The standard InChI is InChI=1S/C20H13NO/c22-21-17-11-9-13-5-1-3-7-15(13)19(17)20-16-8-4-2-6-14(16)10-12-18(20)21/h1-12,22H. The molecule has 2 nitrogen and oxygen atoms in total. The van der Waals surface area contributed by atoms with E-state index in [0.717, 1.165) is 21.8 Å². The van der Waals surface area contributed by atoms with Gasteiger partial charge in [-0.05, 0) is 33.7 Å². The highest BCUT2D eigenvalue weighted by atomic mass is 16.5. The summed E-state index contributed by atoms with van der Waals surface area (Å²) in [5.41, 5.74) is 1.70. The van der Waals surface area contributed by atoms with Crippen LogP contribution >= 0.6 is 0 Å². The Morgan fingerprint density at radius 1 is 0.545 bits per heavy atom. The molecule has 5 aromatic rings. The Morgan fingerprint density at radius 3 is 1.50 bits per heavy atom. The SMILES string of the molecule is On1c2ccc3ccccc3c2c2c3ccccc3ccc21. The van der Waals surface area contributed by atoms with Crippen LogP contribution in [-0.4, -0.2) is 9.94 Å². The highest BCUT2D eigenvalue weighted by Gasteiger charge is 2.14. The van der Waals surface area contributed by atoms with Crippen molar-refractivity contribution >= 4 is 43.4 Å². The van der Waals surface area contributed by atoms with Gasteiger partial charge >= 0.3 is 0 Å². The van der Waals surface area contributed by atoms with Crippen LogP contribution in [0.4, 0.5) is 0 Å². The molecule has 5 rings (SSSR count). The summed E-state index contributed by atoms with van der Waals surface area (Å²) < 4.78 is 1.31. The minimum absolute atomic E-state index is 0.852. The van der Waals surface area contributed by atoms with Gasteiger partial charge in [0.2, 0.25) is 0 Å². The summed E-state index contributed by atoms with van der Waals surface area (Å²) in [6.07, 6.45) is 0. The van der Waals surface area contributed by atoms with Crippen LogP contribution in [0.25, 0.3) is 43.4 Å². The Bertz CT molecular complexity index is 1090. The fourth-order valence-electron chi connectivity index (χ4n) is 3.53. The van der Waals surface area contributed by atoms with Gasteiger partial charge in [0.1, 0.15) is 0 Å². The van der Waals surface area contributed by atoms with E-state index in [1.54, 1.807) is 0 Å². The maximum absolute atomic E-state index is 10.6. The predicted molar refractivity (Wildman–Crippen MR) is 91.6 cm³/mol. The molecular formula is C20H13NO. The molecule has 0 saturated carbocycles. The van der Waals surface area contributed by atoms with Crippen molar-refractivity contribution in [2.45, 2.75) is 0 Å². The van der Waals surface area contributed by atoms with Crippen molar-refractivity contribution in [3.63, 3.8) is 0 Å². The third-order valence-electron chi connectivity index (χ3n) is 4.52. The normalized spacial score (nSPS) is 11.8. The first kappa shape index (κ1) is 11.6. The van der Waals surface area contributed by atoms with Gasteiger partial charge in [-0.2, -0.15) is 4.73 Å². The van der Waals surface area contributed by atoms with E-state index in [9.17, 15) is 5.21 Å². The Hall–Kier alpha value is -3.00. The minimum atomic E-state index is 0.852. The smallest absolute Gasteiger partial charge is 0.0885 e. The lowest BCUT2D eigenvalue weighted by atomic mass is 10.00. The van der Waals surface area contributed by atoms with Crippen molar-refractivity contribution in [2.75, 3.05) is 0 Å². The zero-order valence-electron chi connectivity index (χ0n) is 11.8. The lowest BCUT2D eigenvalue weighted by molar-refractivity contribution is 0.213. The van der Waals surface area contributed by atoms with Crippen LogP contribution < -0.4 is 0 Å². The summed E-state index contributed by atoms with van der Waals surface area (Å²) in [4.78, 5) is 0. The number of fused-ring (bicyclic) bond motifs is 7. The summed E-state index contributed by atoms with van der Waals surface area (Å²) in [7, 11) is 0. The van der Waals surface area contributed by atoms with Crippen molar-refractivity contribution < 1.29 is 5.21 Å². The summed E-state index contributed by atoms with van der Waals surface area (Å²) >= 11 is 0. The van der Waals surface area contributed by atoms with Gasteiger partial charge in [-0.25, -0.2) is 0 Å². The van der Waals surface area contributed by atoms with Gasteiger partial charge in [0.25, 0.3) is 0 Å². The van der Waals surface area contributed by atoms with Crippen molar-refractivity contribution in [1.82, 2.24) is 4.73 Å². The van der Waals surface area contributed by atoms with Crippen molar-refractivity contribution in [1.29, 1.82) is 0 Å². The quantitative estimate of drug-likeness (QED) is 0.381. The third kappa shape index (κ3) is 1.34. The van der Waals surface area contributed by atoms with Crippen LogP contribution in [0.5, 0.6) is 0 Å². The average molecular weight is 283 g/mol. The van der Waals surface area contributed by atoms with Crippen molar-refractivity contribution in [3.8, 4) is 0 Å². The first-order chi connectivity index (χ1) is 10.8. The molecule has 1 aromatic heterocycles.